The third-order valence-corrected chi connectivity index (χ3v) is 27.0. The molecule has 546 valence electrons. The molecule has 0 aliphatic heterocycles. The number of fused-ring (bicyclic) bond motifs is 27. The van der Waals surface area contributed by atoms with Gasteiger partial charge in [0, 0.05) is 73.3 Å². The zero-order valence-corrected chi connectivity index (χ0v) is 64.8. The Morgan fingerprint density at radius 2 is 0.487 bits per heavy atom. The van der Waals surface area contributed by atoms with Crippen molar-refractivity contribution in [2.24, 2.45) is 0 Å². The number of thiophene rings is 1. The molecule has 0 radical (unpaired) electrons. The minimum atomic E-state index is 0.0233. The predicted molar refractivity (Wildman–Crippen MR) is 484 cm³/mol. The molecule has 117 heavy (non-hydrogen) atoms. The number of hydrogen-bond donors (Lipinski definition) is 0. The molecule has 27 rings (SSSR count). The number of furan rings is 1. The number of hydrogen-bond acceptors (Lipinski definition) is 8. The maximum absolute atomic E-state index is 6.56. The average Bonchev–Trinajstić information content (AvgIpc) is 1.57. The van der Waals surface area contributed by atoms with Gasteiger partial charge in [-0.2, -0.15) is 0 Å². The molecule has 0 atom stereocenters. The van der Waals surface area contributed by atoms with E-state index in [9.17, 15) is 0 Å². The van der Waals surface area contributed by atoms with Gasteiger partial charge < -0.3 is 22.7 Å². The maximum atomic E-state index is 6.56. The predicted octanol–water partition coefficient (Wildman–Crippen LogP) is 25.6. The summed E-state index contributed by atoms with van der Waals surface area (Å²) in [5.74, 6) is 0. The second kappa shape index (κ2) is 25.7. The van der Waals surface area contributed by atoms with E-state index in [4.69, 9.17) is 29.3 Å². The normalized spacial score (nSPS) is 12.1. The molecular formula is C102H60N12OSSe. The van der Waals surface area contributed by atoms with Gasteiger partial charge in [-0.15, -0.1) is 11.3 Å². The summed E-state index contributed by atoms with van der Waals surface area (Å²) in [6.45, 7) is 0. The Kier molecular flexibility index (Phi) is 14.4. The molecule has 0 aliphatic rings. The first-order chi connectivity index (χ1) is 58.1. The Labute approximate surface area is 674 Å². The van der Waals surface area contributed by atoms with Gasteiger partial charge in [0.15, 0.2) is 5.58 Å². The summed E-state index contributed by atoms with van der Waals surface area (Å²) in [5.41, 5.74) is 24.8. The third-order valence-electron chi connectivity index (χ3n) is 23.6. The molecule has 0 saturated heterocycles. The Hall–Kier alpha value is -15.1. The zero-order chi connectivity index (χ0) is 76.5. The van der Waals surface area contributed by atoms with Crippen LogP contribution in [0.5, 0.6) is 0 Å². The van der Waals surface area contributed by atoms with E-state index in [0.29, 0.717) is 5.71 Å². The number of para-hydroxylation sites is 12. The van der Waals surface area contributed by atoms with Gasteiger partial charge in [-0.1, -0.05) is 146 Å². The SMILES string of the molecule is c1ccc2c(c1)c1ccccc1n2-c1ccc(-n2c3ccccc3c3ccccc32)c2c1[se]c1nccnc12.c1ccc2c(c1)c1ccccc1n2-c1ccc(-n2c3ccccc3c3ccccc32)c2c1oc1nccnc12.c1ccc2c(c1)c1ccccc1n2-c1ccc(-n2c3ccccc3c3ccccc32)c2c1sc1nccnc12. The number of benzene rings is 15. The number of aromatic nitrogens is 12. The van der Waals surface area contributed by atoms with Crippen molar-refractivity contribution >= 4 is 219 Å². The summed E-state index contributed by atoms with van der Waals surface area (Å²) >= 11 is 1.74. The van der Waals surface area contributed by atoms with Gasteiger partial charge >= 0.3 is 230 Å². The summed E-state index contributed by atoms with van der Waals surface area (Å²) in [5, 5.41) is 18.2. The van der Waals surface area contributed by atoms with Crippen molar-refractivity contribution in [2.45, 2.75) is 0 Å². The Balaban J connectivity index is 0.0000000980. The largest absolute Gasteiger partial charge is 0.434 e. The van der Waals surface area contributed by atoms with E-state index in [1.807, 2.05) is 12.4 Å². The fourth-order valence-corrected chi connectivity index (χ4v) is 22.4. The number of nitrogens with zero attached hydrogens (tertiary/aromatic N) is 12. The summed E-state index contributed by atoms with van der Waals surface area (Å²) in [7, 11) is 0. The van der Waals surface area contributed by atoms with Gasteiger partial charge in [-0.3, -0.25) is 4.98 Å². The molecule has 0 unspecified atom stereocenters. The molecule has 0 spiro atoms. The fourth-order valence-electron chi connectivity index (χ4n) is 18.9. The molecule has 0 amide bonds. The van der Waals surface area contributed by atoms with Crippen molar-refractivity contribution in [3.63, 3.8) is 0 Å². The van der Waals surface area contributed by atoms with Gasteiger partial charge in [0.05, 0.1) is 77.0 Å². The average molecular weight is 1580 g/mol. The van der Waals surface area contributed by atoms with Crippen LogP contribution in [-0.2, 0) is 0 Å². The third kappa shape index (κ3) is 9.58. The van der Waals surface area contributed by atoms with Crippen LogP contribution in [0.25, 0.3) is 227 Å². The molecule has 13 nitrogen and oxygen atoms in total. The second-order valence-corrected chi connectivity index (χ2v) is 32.7. The zero-order valence-electron chi connectivity index (χ0n) is 62.2. The molecule has 27 aromatic rings. The minimum absolute atomic E-state index is 0.0233. The van der Waals surface area contributed by atoms with Crippen molar-refractivity contribution in [2.75, 3.05) is 0 Å². The van der Waals surface area contributed by atoms with E-state index in [1.165, 1.54) is 129 Å². The molecule has 0 fully saturated rings. The summed E-state index contributed by atoms with van der Waals surface area (Å²) in [4.78, 5) is 29.6. The topological polar surface area (TPSA) is 120 Å². The van der Waals surface area contributed by atoms with Gasteiger partial charge in [0.25, 0.3) is 0 Å². The van der Waals surface area contributed by atoms with Gasteiger partial charge in [0.1, 0.15) is 15.9 Å². The van der Waals surface area contributed by atoms with Crippen molar-refractivity contribution in [3.8, 4) is 34.1 Å². The van der Waals surface area contributed by atoms with E-state index >= 15 is 0 Å². The van der Waals surface area contributed by atoms with Crippen LogP contribution >= 0.6 is 11.3 Å². The van der Waals surface area contributed by atoms with Crippen molar-refractivity contribution in [1.29, 1.82) is 0 Å². The van der Waals surface area contributed by atoms with E-state index < -0.39 is 0 Å². The summed E-state index contributed by atoms with van der Waals surface area (Å²) in [6.07, 6.45) is 10.7. The quantitative estimate of drug-likeness (QED) is 0.152. The van der Waals surface area contributed by atoms with Crippen LogP contribution in [0, 0.1) is 0 Å². The number of rotatable bonds is 6. The summed E-state index contributed by atoms with van der Waals surface area (Å²) < 4.78 is 24.4. The molecule has 15 aromatic carbocycles. The van der Waals surface area contributed by atoms with E-state index in [1.54, 1.807) is 36.1 Å². The first-order valence-electron chi connectivity index (χ1n) is 39.1. The second-order valence-electron chi connectivity index (χ2n) is 29.6. The van der Waals surface area contributed by atoms with Crippen molar-refractivity contribution in [1.82, 2.24) is 57.3 Å². The van der Waals surface area contributed by atoms with Gasteiger partial charge in [-0.05, 0) is 72.8 Å². The van der Waals surface area contributed by atoms with Crippen LogP contribution in [0.1, 0.15) is 0 Å². The van der Waals surface area contributed by atoms with Crippen molar-refractivity contribution in [3.05, 3.63) is 365 Å². The fraction of sp³-hybridized carbons (Fsp3) is 0. The van der Waals surface area contributed by atoms with E-state index in [2.05, 4.69) is 360 Å². The van der Waals surface area contributed by atoms with Crippen LogP contribution in [0.2, 0.25) is 0 Å². The maximum Gasteiger partial charge on any atom is 0.246 e. The van der Waals surface area contributed by atoms with Crippen LogP contribution in [0.3, 0.4) is 0 Å². The van der Waals surface area contributed by atoms with E-state index in [-0.39, 0.29) is 14.5 Å². The van der Waals surface area contributed by atoms with Crippen LogP contribution in [-0.4, -0.2) is 71.8 Å². The Bertz CT molecular complexity index is 7720. The molecule has 12 aromatic heterocycles. The van der Waals surface area contributed by atoms with Crippen LogP contribution in [0.4, 0.5) is 0 Å². The van der Waals surface area contributed by atoms with Gasteiger partial charge in [0.2, 0.25) is 5.71 Å². The molecule has 0 N–H and O–H groups in total. The van der Waals surface area contributed by atoms with Crippen LogP contribution < -0.4 is 0 Å². The minimum Gasteiger partial charge on any atom is -0.434 e. The monoisotopic (exact) mass is 1580 g/mol. The molecular weight excluding hydrogens is 1520 g/mol. The van der Waals surface area contributed by atoms with Crippen LogP contribution in [0.15, 0.2) is 369 Å². The smallest absolute Gasteiger partial charge is 0.246 e. The first kappa shape index (κ1) is 65.4. The standard InChI is InChI=1S/C34H20N4O.C34H20N4S.C34H20N4Se/c3*1-5-13-25-21(9-1)22-10-2-6-14-26(22)37(25)29-17-18-30(33-31(29)32-34(39-33)36-20-19-35-32)38-27-15-7-3-11-23(27)24-12-4-8-16-28(24)38/h3*1-20H. The van der Waals surface area contributed by atoms with E-state index in [0.717, 1.165) is 92.6 Å². The molecule has 12 heterocycles. The van der Waals surface area contributed by atoms with Gasteiger partial charge in [-0.25, -0.2) is 15.0 Å². The van der Waals surface area contributed by atoms with Crippen molar-refractivity contribution < 1.29 is 4.42 Å². The molecule has 15 heteroatoms. The molecule has 0 bridgehead atoms. The molecule has 0 aliphatic carbocycles. The summed E-state index contributed by atoms with van der Waals surface area (Å²) in [6, 6.07) is 117. The first-order valence-corrected chi connectivity index (χ1v) is 41.6. The molecule has 0 saturated carbocycles. The Morgan fingerprint density at radius 3 is 0.872 bits per heavy atom. The Morgan fingerprint density at radius 1 is 0.222 bits per heavy atom.